The molecule has 2 rings (SSSR count). The van der Waals surface area contributed by atoms with E-state index in [1.807, 2.05) is 18.2 Å². The summed E-state index contributed by atoms with van der Waals surface area (Å²) < 4.78 is 0. The van der Waals surface area contributed by atoms with E-state index in [1.165, 1.54) is 31.2 Å². The van der Waals surface area contributed by atoms with Crippen molar-refractivity contribution in [2.24, 2.45) is 0 Å². The highest BCUT2D eigenvalue weighted by atomic mass is 16.3. The van der Waals surface area contributed by atoms with Crippen LogP contribution in [0.5, 0.6) is 5.75 Å². The number of hydrogen-bond donors (Lipinski definition) is 1. The van der Waals surface area contributed by atoms with Crippen LogP contribution in [-0.4, -0.2) is 5.11 Å². The monoisotopic (exact) mass is 202 g/mol. The molecule has 0 bridgehead atoms. The van der Waals surface area contributed by atoms with Gasteiger partial charge in [0.05, 0.1) is 0 Å². The van der Waals surface area contributed by atoms with Crippen molar-refractivity contribution >= 4 is 0 Å². The van der Waals surface area contributed by atoms with Crippen LogP contribution in [0.3, 0.4) is 0 Å². The molecule has 0 atom stereocenters. The Morgan fingerprint density at radius 2 is 2.07 bits per heavy atom. The second-order valence-corrected chi connectivity index (χ2v) is 4.37. The molecule has 1 aliphatic carbocycles. The zero-order chi connectivity index (χ0) is 10.7. The molecule has 1 aliphatic rings. The third-order valence-electron chi connectivity index (χ3n) is 3.27. The predicted octanol–water partition coefficient (Wildman–Crippen LogP) is 3.78. The van der Waals surface area contributed by atoms with Crippen LogP contribution in [0.15, 0.2) is 30.9 Å². The Morgan fingerprint density at radius 3 is 2.73 bits per heavy atom. The van der Waals surface area contributed by atoms with Crippen LogP contribution in [0.4, 0.5) is 0 Å². The van der Waals surface area contributed by atoms with E-state index in [1.54, 1.807) is 0 Å². The maximum absolute atomic E-state index is 9.84. The lowest BCUT2D eigenvalue weighted by atomic mass is 9.94. The first-order valence-corrected chi connectivity index (χ1v) is 5.74. The first kappa shape index (κ1) is 10.3. The van der Waals surface area contributed by atoms with Crippen molar-refractivity contribution in [2.45, 2.75) is 38.0 Å². The van der Waals surface area contributed by atoms with Crippen molar-refractivity contribution < 1.29 is 5.11 Å². The van der Waals surface area contributed by atoms with E-state index in [0.717, 1.165) is 12.0 Å². The molecule has 0 unspecified atom stereocenters. The smallest absolute Gasteiger partial charge is 0.119 e. The van der Waals surface area contributed by atoms with Gasteiger partial charge in [0.2, 0.25) is 0 Å². The van der Waals surface area contributed by atoms with Crippen molar-refractivity contribution in [1.29, 1.82) is 0 Å². The Morgan fingerprint density at radius 1 is 1.33 bits per heavy atom. The molecule has 0 heterocycles. The first-order valence-electron chi connectivity index (χ1n) is 5.74. The molecule has 1 aromatic rings. The highest BCUT2D eigenvalue weighted by Gasteiger charge is 2.19. The Kier molecular flexibility index (Phi) is 3.10. The quantitative estimate of drug-likeness (QED) is 0.739. The van der Waals surface area contributed by atoms with Crippen molar-refractivity contribution in [2.75, 3.05) is 0 Å². The molecule has 0 aliphatic heterocycles. The lowest BCUT2D eigenvalue weighted by Crippen LogP contribution is -1.94. The van der Waals surface area contributed by atoms with Gasteiger partial charge in [-0.05, 0) is 42.4 Å². The third-order valence-corrected chi connectivity index (χ3v) is 3.27. The standard InChI is InChI=1S/C14H18O/c1-2-5-11-8-9-14(15)13(10-11)12-6-3-4-7-12/h2,8-10,12,15H,1,3-7H2. The molecule has 15 heavy (non-hydrogen) atoms. The van der Waals surface area contributed by atoms with Crippen LogP contribution in [0, 0.1) is 0 Å². The fraction of sp³-hybridized carbons (Fsp3) is 0.429. The maximum Gasteiger partial charge on any atom is 0.119 e. The van der Waals surface area contributed by atoms with Gasteiger partial charge >= 0.3 is 0 Å². The summed E-state index contributed by atoms with van der Waals surface area (Å²) in [7, 11) is 0. The maximum atomic E-state index is 9.84. The van der Waals surface area contributed by atoms with Crippen LogP contribution in [0.2, 0.25) is 0 Å². The summed E-state index contributed by atoms with van der Waals surface area (Å²) >= 11 is 0. The summed E-state index contributed by atoms with van der Waals surface area (Å²) in [5, 5.41) is 9.84. The van der Waals surface area contributed by atoms with E-state index in [9.17, 15) is 5.11 Å². The van der Waals surface area contributed by atoms with Crippen molar-refractivity contribution in [3.8, 4) is 5.75 Å². The molecule has 0 saturated heterocycles. The number of phenolic OH excluding ortho intramolecular Hbond substituents is 1. The van der Waals surface area contributed by atoms with Crippen LogP contribution in [-0.2, 0) is 6.42 Å². The highest BCUT2D eigenvalue weighted by Crippen LogP contribution is 2.38. The Bertz CT molecular complexity index is 348. The topological polar surface area (TPSA) is 20.2 Å². The minimum atomic E-state index is 0.467. The number of phenols is 1. The first-order chi connectivity index (χ1) is 7.31. The zero-order valence-electron chi connectivity index (χ0n) is 9.08. The van der Waals surface area contributed by atoms with Gasteiger partial charge in [0, 0.05) is 0 Å². The Balaban J connectivity index is 2.27. The van der Waals surface area contributed by atoms with E-state index in [4.69, 9.17) is 0 Å². The summed E-state index contributed by atoms with van der Waals surface area (Å²) in [6, 6.07) is 5.95. The number of aromatic hydroxyl groups is 1. The second kappa shape index (κ2) is 4.52. The summed E-state index contributed by atoms with van der Waals surface area (Å²) in [5.74, 6) is 1.05. The van der Waals surface area contributed by atoms with Crippen LogP contribution < -0.4 is 0 Å². The van der Waals surface area contributed by atoms with Gasteiger partial charge in [-0.25, -0.2) is 0 Å². The van der Waals surface area contributed by atoms with Crippen LogP contribution in [0.1, 0.15) is 42.7 Å². The van der Waals surface area contributed by atoms with E-state index < -0.39 is 0 Å². The molecule has 1 N–H and O–H groups in total. The van der Waals surface area contributed by atoms with Gasteiger partial charge in [0.1, 0.15) is 5.75 Å². The van der Waals surface area contributed by atoms with Gasteiger partial charge in [0.25, 0.3) is 0 Å². The lowest BCUT2D eigenvalue weighted by Gasteiger charge is -2.12. The van der Waals surface area contributed by atoms with Gasteiger partial charge < -0.3 is 5.11 Å². The Hall–Kier alpha value is -1.24. The molecule has 80 valence electrons. The lowest BCUT2D eigenvalue weighted by molar-refractivity contribution is 0.461. The molecular weight excluding hydrogens is 184 g/mol. The zero-order valence-corrected chi connectivity index (χ0v) is 9.08. The molecule has 1 saturated carbocycles. The number of rotatable bonds is 3. The van der Waals surface area contributed by atoms with Gasteiger partial charge in [-0.15, -0.1) is 6.58 Å². The van der Waals surface area contributed by atoms with Gasteiger partial charge in [0.15, 0.2) is 0 Å². The molecular formula is C14H18O. The molecule has 1 nitrogen and oxygen atoms in total. The minimum absolute atomic E-state index is 0.467. The minimum Gasteiger partial charge on any atom is -0.508 e. The second-order valence-electron chi connectivity index (χ2n) is 4.37. The van der Waals surface area contributed by atoms with Crippen LogP contribution in [0.25, 0.3) is 0 Å². The fourth-order valence-electron chi connectivity index (χ4n) is 2.46. The largest absolute Gasteiger partial charge is 0.508 e. The average Bonchev–Trinajstić information content (AvgIpc) is 2.74. The average molecular weight is 202 g/mol. The van der Waals surface area contributed by atoms with Gasteiger partial charge in [-0.2, -0.15) is 0 Å². The molecule has 1 fully saturated rings. The van der Waals surface area contributed by atoms with Gasteiger partial charge in [-0.3, -0.25) is 0 Å². The summed E-state index contributed by atoms with van der Waals surface area (Å²) in [5.41, 5.74) is 2.40. The van der Waals surface area contributed by atoms with E-state index in [-0.39, 0.29) is 0 Å². The molecule has 1 heteroatoms. The predicted molar refractivity (Wildman–Crippen MR) is 63.2 cm³/mol. The molecule has 1 aromatic carbocycles. The molecule has 0 spiro atoms. The molecule has 0 aromatic heterocycles. The van der Waals surface area contributed by atoms with Crippen molar-refractivity contribution in [3.63, 3.8) is 0 Å². The number of benzene rings is 1. The summed E-state index contributed by atoms with van der Waals surface area (Å²) in [6.07, 6.45) is 7.85. The van der Waals surface area contributed by atoms with Gasteiger partial charge in [-0.1, -0.05) is 31.1 Å². The fourth-order valence-corrected chi connectivity index (χ4v) is 2.46. The normalized spacial score (nSPS) is 16.8. The Labute approximate surface area is 91.4 Å². The molecule has 0 amide bonds. The SMILES string of the molecule is C=CCc1ccc(O)c(C2CCCC2)c1. The van der Waals surface area contributed by atoms with Crippen molar-refractivity contribution in [1.82, 2.24) is 0 Å². The van der Waals surface area contributed by atoms with Crippen LogP contribution >= 0.6 is 0 Å². The number of hydrogen-bond acceptors (Lipinski definition) is 1. The van der Waals surface area contributed by atoms with E-state index in [2.05, 4.69) is 12.6 Å². The van der Waals surface area contributed by atoms with E-state index in [0.29, 0.717) is 11.7 Å². The summed E-state index contributed by atoms with van der Waals surface area (Å²) in [4.78, 5) is 0. The number of allylic oxidation sites excluding steroid dienone is 1. The molecule has 0 radical (unpaired) electrons. The third kappa shape index (κ3) is 2.23. The highest BCUT2D eigenvalue weighted by molar-refractivity contribution is 5.39. The van der Waals surface area contributed by atoms with E-state index >= 15 is 0 Å². The van der Waals surface area contributed by atoms with Crippen molar-refractivity contribution in [3.05, 3.63) is 42.0 Å². The summed E-state index contributed by atoms with van der Waals surface area (Å²) in [6.45, 7) is 3.74.